The van der Waals surface area contributed by atoms with Crippen LogP contribution in [0.4, 0.5) is 0 Å². The second kappa shape index (κ2) is 5.34. The van der Waals surface area contributed by atoms with Crippen LogP contribution in [0.5, 0.6) is 0 Å². The molecule has 1 aliphatic heterocycles. The molecule has 0 aromatic heterocycles. The van der Waals surface area contributed by atoms with Crippen LogP contribution in [-0.2, 0) is 4.79 Å². The highest BCUT2D eigenvalue weighted by molar-refractivity contribution is 6.21. The monoisotopic (exact) mass is 259 g/mol. The van der Waals surface area contributed by atoms with Crippen LogP contribution in [0.1, 0.15) is 47.4 Å². The fourth-order valence-corrected chi connectivity index (χ4v) is 2.24. The fraction of sp³-hybridized carbons (Fsp3) is 0.400. The first-order valence-corrected chi connectivity index (χ1v) is 6.47. The molecule has 0 saturated carbocycles. The molecule has 0 aliphatic carbocycles. The van der Waals surface area contributed by atoms with Gasteiger partial charge in [0.2, 0.25) is 0 Å². The Balaban J connectivity index is 2.03. The first kappa shape index (κ1) is 13.5. The molecule has 0 spiro atoms. The number of fused-ring (bicyclic) bond motifs is 1. The number of hydrogen-bond donors (Lipinski definition) is 0. The van der Waals surface area contributed by atoms with Gasteiger partial charge in [0, 0.05) is 19.4 Å². The average molecular weight is 259 g/mol. The Morgan fingerprint density at radius 1 is 1.11 bits per heavy atom. The molecule has 4 heteroatoms. The van der Waals surface area contributed by atoms with E-state index in [4.69, 9.17) is 0 Å². The molecule has 0 saturated heterocycles. The maximum absolute atomic E-state index is 12.0. The molecule has 0 fully saturated rings. The summed E-state index contributed by atoms with van der Waals surface area (Å²) in [7, 11) is 0. The van der Waals surface area contributed by atoms with Crippen molar-refractivity contribution in [3.8, 4) is 0 Å². The molecular weight excluding hydrogens is 242 g/mol. The lowest BCUT2D eigenvalue weighted by atomic mass is 10.1. The van der Waals surface area contributed by atoms with Crippen molar-refractivity contribution in [2.75, 3.05) is 6.54 Å². The van der Waals surface area contributed by atoms with Crippen LogP contribution >= 0.6 is 0 Å². The zero-order chi connectivity index (χ0) is 14.0. The van der Waals surface area contributed by atoms with Crippen molar-refractivity contribution in [1.29, 1.82) is 0 Å². The summed E-state index contributed by atoms with van der Waals surface area (Å²) in [5.74, 6) is -0.197. The molecule has 2 rings (SSSR count). The van der Waals surface area contributed by atoms with Gasteiger partial charge in [-0.25, -0.2) is 0 Å². The summed E-state index contributed by atoms with van der Waals surface area (Å²) in [5, 5.41) is 0. The van der Waals surface area contributed by atoms with E-state index in [1.54, 1.807) is 24.3 Å². The van der Waals surface area contributed by atoms with Crippen LogP contribution in [0.2, 0.25) is 0 Å². The summed E-state index contributed by atoms with van der Waals surface area (Å²) in [4.78, 5) is 36.9. The minimum absolute atomic E-state index is 0.0894. The predicted molar refractivity (Wildman–Crippen MR) is 70.9 cm³/mol. The fourth-order valence-electron chi connectivity index (χ4n) is 2.24. The van der Waals surface area contributed by atoms with Gasteiger partial charge in [-0.1, -0.05) is 26.0 Å². The Bertz CT molecular complexity index is 499. The number of imide groups is 1. The Labute approximate surface area is 112 Å². The van der Waals surface area contributed by atoms with Crippen molar-refractivity contribution >= 4 is 17.6 Å². The van der Waals surface area contributed by atoms with Gasteiger partial charge in [0.25, 0.3) is 11.8 Å². The second-order valence-corrected chi connectivity index (χ2v) is 5.19. The smallest absolute Gasteiger partial charge is 0.261 e. The molecule has 1 heterocycles. The van der Waals surface area contributed by atoms with Crippen molar-refractivity contribution in [2.24, 2.45) is 5.92 Å². The third-order valence-corrected chi connectivity index (χ3v) is 3.13. The number of nitrogens with zero attached hydrogens (tertiary/aromatic N) is 1. The van der Waals surface area contributed by atoms with E-state index in [1.165, 1.54) is 4.90 Å². The molecule has 1 aromatic carbocycles. The summed E-state index contributed by atoms with van der Waals surface area (Å²) in [6, 6.07) is 6.76. The molecule has 0 atom stereocenters. The molecule has 1 aliphatic rings. The molecule has 19 heavy (non-hydrogen) atoms. The normalized spacial score (nSPS) is 14.2. The number of hydrogen-bond acceptors (Lipinski definition) is 3. The van der Waals surface area contributed by atoms with Crippen LogP contribution in [0.25, 0.3) is 0 Å². The molecule has 4 nitrogen and oxygen atoms in total. The number of carbonyl (C=O) groups excluding carboxylic acids is 3. The van der Waals surface area contributed by atoms with Gasteiger partial charge in [0.05, 0.1) is 11.1 Å². The average Bonchev–Trinajstić information content (AvgIpc) is 2.60. The van der Waals surface area contributed by atoms with Crippen LogP contribution in [0, 0.1) is 5.92 Å². The maximum Gasteiger partial charge on any atom is 0.261 e. The minimum atomic E-state index is -0.294. The van der Waals surface area contributed by atoms with Gasteiger partial charge in [-0.15, -0.1) is 0 Å². The zero-order valence-electron chi connectivity index (χ0n) is 11.2. The Morgan fingerprint density at radius 2 is 1.63 bits per heavy atom. The maximum atomic E-state index is 12.0. The first-order valence-electron chi connectivity index (χ1n) is 6.47. The van der Waals surface area contributed by atoms with Crippen LogP contribution < -0.4 is 0 Å². The van der Waals surface area contributed by atoms with Crippen molar-refractivity contribution in [1.82, 2.24) is 4.90 Å². The first-order chi connectivity index (χ1) is 9.00. The summed E-state index contributed by atoms with van der Waals surface area (Å²) >= 11 is 0. The molecule has 1 aromatic rings. The van der Waals surface area contributed by atoms with E-state index in [9.17, 15) is 14.4 Å². The Morgan fingerprint density at radius 3 is 2.11 bits per heavy atom. The third-order valence-electron chi connectivity index (χ3n) is 3.13. The number of ketones is 1. The number of amides is 2. The number of benzene rings is 1. The third kappa shape index (κ3) is 2.72. The molecule has 0 bridgehead atoms. The Kier molecular flexibility index (Phi) is 3.79. The van der Waals surface area contributed by atoms with Gasteiger partial charge in [-0.05, 0) is 18.1 Å². The number of Topliss-reactive ketones (excluding diaryl/α,β-unsaturated/α-hetero) is 1. The van der Waals surface area contributed by atoms with Crippen molar-refractivity contribution in [2.45, 2.75) is 26.7 Å². The Hall–Kier alpha value is -1.97. The quantitative estimate of drug-likeness (QED) is 0.762. The summed E-state index contributed by atoms with van der Waals surface area (Å²) in [6.07, 6.45) is 0.729. The summed E-state index contributed by atoms with van der Waals surface area (Å²) < 4.78 is 0. The molecular formula is C15H17NO3. The lowest BCUT2D eigenvalue weighted by Crippen LogP contribution is -2.32. The topological polar surface area (TPSA) is 54.5 Å². The van der Waals surface area contributed by atoms with Gasteiger partial charge in [-0.2, -0.15) is 0 Å². The van der Waals surface area contributed by atoms with Crippen LogP contribution in [0.3, 0.4) is 0 Å². The van der Waals surface area contributed by atoms with Crippen LogP contribution in [0.15, 0.2) is 24.3 Å². The number of rotatable bonds is 5. The van der Waals surface area contributed by atoms with E-state index < -0.39 is 0 Å². The zero-order valence-corrected chi connectivity index (χ0v) is 11.2. The highest BCUT2D eigenvalue weighted by Gasteiger charge is 2.34. The molecule has 0 unspecified atom stereocenters. The highest BCUT2D eigenvalue weighted by Crippen LogP contribution is 2.22. The van der Waals surface area contributed by atoms with Crippen molar-refractivity contribution in [3.63, 3.8) is 0 Å². The second-order valence-electron chi connectivity index (χ2n) is 5.19. The molecule has 0 radical (unpaired) electrons. The van der Waals surface area contributed by atoms with Gasteiger partial charge in [0.1, 0.15) is 5.78 Å². The van der Waals surface area contributed by atoms with E-state index in [2.05, 4.69) is 0 Å². The van der Waals surface area contributed by atoms with E-state index in [1.807, 2.05) is 13.8 Å². The summed E-state index contributed by atoms with van der Waals surface area (Å²) in [5.41, 5.74) is 0.868. The van der Waals surface area contributed by atoms with Gasteiger partial charge in [0.15, 0.2) is 0 Å². The van der Waals surface area contributed by atoms with Gasteiger partial charge in [-0.3, -0.25) is 19.3 Å². The standard InChI is InChI=1S/C15H17NO3/c1-10(2)9-11(17)7-8-16-14(18)12-5-3-4-6-13(12)15(16)19/h3-6,10H,7-9H2,1-2H3. The van der Waals surface area contributed by atoms with Gasteiger partial charge < -0.3 is 0 Å². The van der Waals surface area contributed by atoms with Crippen molar-refractivity contribution in [3.05, 3.63) is 35.4 Å². The lowest BCUT2D eigenvalue weighted by Gasteiger charge is -2.13. The van der Waals surface area contributed by atoms with E-state index in [-0.39, 0.29) is 30.6 Å². The van der Waals surface area contributed by atoms with E-state index in [0.717, 1.165) is 0 Å². The van der Waals surface area contributed by atoms with Crippen molar-refractivity contribution < 1.29 is 14.4 Å². The SMILES string of the molecule is CC(C)CC(=O)CCN1C(=O)c2ccccc2C1=O. The molecule has 2 amide bonds. The highest BCUT2D eigenvalue weighted by atomic mass is 16.2. The predicted octanol–water partition coefficient (Wildman–Crippen LogP) is 2.29. The van der Waals surface area contributed by atoms with Gasteiger partial charge >= 0.3 is 0 Å². The van der Waals surface area contributed by atoms with E-state index in [0.29, 0.717) is 23.5 Å². The number of carbonyl (C=O) groups is 3. The van der Waals surface area contributed by atoms with Crippen LogP contribution in [-0.4, -0.2) is 29.0 Å². The molecule has 0 N–H and O–H groups in total. The molecule has 100 valence electrons. The lowest BCUT2D eigenvalue weighted by molar-refractivity contribution is -0.119. The summed E-state index contributed by atoms with van der Waals surface area (Å²) in [6.45, 7) is 4.12. The largest absolute Gasteiger partial charge is 0.300 e. The minimum Gasteiger partial charge on any atom is -0.300 e. The van der Waals surface area contributed by atoms with E-state index >= 15 is 0 Å².